The second kappa shape index (κ2) is 4.75. The molecule has 2 aliphatic rings. The highest BCUT2D eigenvalue weighted by Gasteiger charge is 2.36. The van der Waals surface area contributed by atoms with E-state index in [2.05, 4.69) is 9.88 Å². The van der Waals surface area contributed by atoms with E-state index in [1.54, 1.807) is 0 Å². The van der Waals surface area contributed by atoms with Gasteiger partial charge < -0.3 is 14.9 Å². The summed E-state index contributed by atoms with van der Waals surface area (Å²) in [6, 6.07) is 6.13. The van der Waals surface area contributed by atoms with Crippen LogP contribution in [0.5, 0.6) is 0 Å². The Bertz CT molecular complexity index is 625. The lowest BCUT2D eigenvalue weighted by atomic mass is 10.1. The van der Waals surface area contributed by atoms with Crippen molar-refractivity contribution >= 4 is 16.8 Å². The topological polar surface area (TPSA) is 64.5 Å². The first-order valence-electron chi connectivity index (χ1n) is 7.30. The van der Waals surface area contributed by atoms with Gasteiger partial charge in [-0.15, -0.1) is 0 Å². The number of rotatable bonds is 2. The quantitative estimate of drug-likeness (QED) is 0.849. The van der Waals surface area contributed by atoms with Crippen molar-refractivity contribution in [2.75, 3.05) is 18.9 Å². The minimum absolute atomic E-state index is 0.406. The standard InChI is InChI=1S/C15H19N3O2/c16-10-4-5-13-11(8-10)17-15(20-13)9-18-6-7-19-14-3-1-2-12(14)18/h4-5,8,12,14H,1-3,6-7,9,16H2. The van der Waals surface area contributed by atoms with E-state index in [-0.39, 0.29) is 0 Å². The van der Waals surface area contributed by atoms with E-state index >= 15 is 0 Å². The van der Waals surface area contributed by atoms with Gasteiger partial charge in [0.2, 0.25) is 5.89 Å². The summed E-state index contributed by atoms with van der Waals surface area (Å²) in [5.74, 6) is 0.776. The van der Waals surface area contributed by atoms with Crippen LogP contribution in [0, 0.1) is 0 Å². The molecule has 1 saturated heterocycles. The Morgan fingerprint density at radius 2 is 2.30 bits per heavy atom. The number of oxazole rings is 1. The van der Waals surface area contributed by atoms with Gasteiger partial charge in [0.1, 0.15) is 5.52 Å². The van der Waals surface area contributed by atoms with Crippen LogP contribution in [0.4, 0.5) is 5.69 Å². The molecule has 2 fully saturated rings. The van der Waals surface area contributed by atoms with Crippen LogP contribution in [0.1, 0.15) is 25.2 Å². The summed E-state index contributed by atoms with van der Waals surface area (Å²) >= 11 is 0. The number of benzene rings is 1. The van der Waals surface area contributed by atoms with Gasteiger partial charge in [-0.05, 0) is 37.5 Å². The van der Waals surface area contributed by atoms with Crippen LogP contribution in [-0.4, -0.2) is 35.2 Å². The van der Waals surface area contributed by atoms with Crippen LogP contribution in [-0.2, 0) is 11.3 Å². The maximum atomic E-state index is 5.84. The van der Waals surface area contributed by atoms with Gasteiger partial charge in [0, 0.05) is 18.3 Å². The fraction of sp³-hybridized carbons (Fsp3) is 0.533. The molecule has 5 heteroatoms. The van der Waals surface area contributed by atoms with Gasteiger partial charge in [-0.25, -0.2) is 4.98 Å². The third-order valence-electron chi connectivity index (χ3n) is 4.39. The fourth-order valence-corrected chi connectivity index (χ4v) is 3.44. The molecule has 5 nitrogen and oxygen atoms in total. The number of hydrogen-bond acceptors (Lipinski definition) is 5. The Morgan fingerprint density at radius 1 is 1.35 bits per heavy atom. The normalized spacial score (nSPS) is 27.0. The van der Waals surface area contributed by atoms with E-state index < -0.39 is 0 Å². The molecule has 1 aliphatic heterocycles. The monoisotopic (exact) mass is 273 g/mol. The van der Waals surface area contributed by atoms with Crippen LogP contribution >= 0.6 is 0 Å². The summed E-state index contributed by atoms with van der Waals surface area (Å²) in [6.07, 6.45) is 4.07. The zero-order valence-corrected chi connectivity index (χ0v) is 11.4. The van der Waals surface area contributed by atoms with E-state index in [1.165, 1.54) is 19.3 Å². The number of morpholine rings is 1. The van der Waals surface area contributed by atoms with E-state index in [1.807, 2.05) is 18.2 Å². The molecule has 1 aromatic heterocycles. The van der Waals surface area contributed by atoms with Gasteiger partial charge >= 0.3 is 0 Å². The lowest BCUT2D eigenvalue weighted by molar-refractivity contribution is -0.0610. The minimum Gasteiger partial charge on any atom is -0.439 e. The van der Waals surface area contributed by atoms with E-state index in [4.69, 9.17) is 14.9 Å². The Labute approximate surface area is 117 Å². The van der Waals surface area contributed by atoms with Crippen LogP contribution in [0.2, 0.25) is 0 Å². The van der Waals surface area contributed by atoms with Gasteiger partial charge in [-0.3, -0.25) is 4.90 Å². The average molecular weight is 273 g/mol. The molecule has 2 atom stereocenters. The molecule has 1 aromatic carbocycles. The van der Waals surface area contributed by atoms with Crippen LogP contribution in [0.15, 0.2) is 22.6 Å². The third-order valence-corrected chi connectivity index (χ3v) is 4.39. The first kappa shape index (κ1) is 12.2. The van der Waals surface area contributed by atoms with Crippen LogP contribution in [0.25, 0.3) is 11.1 Å². The number of hydrogen-bond donors (Lipinski definition) is 1. The smallest absolute Gasteiger partial charge is 0.209 e. The molecule has 1 saturated carbocycles. The van der Waals surface area contributed by atoms with E-state index in [0.29, 0.717) is 12.1 Å². The lowest BCUT2D eigenvalue weighted by Gasteiger charge is -2.36. The second-order valence-electron chi connectivity index (χ2n) is 5.71. The van der Waals surface area contributed by atoms with Crippen molar-refractivity contribution in [3.05, 3.63) is 24.1 Å². The average Bonchev–Trinajstić information content (AvgIpc) is 3.04. The molecule has 2 heterocycles. The Hall–Kier alpha value is -1.59. The molecule has 20 heavy (non-hydrogen) atoms. The van der Waals surface area contributed by atoms with Crippen molar-refractivity contribution in [2.45, 2.75) is 38.0 Å². The number of nitrogens with two attached hydrogens (primary N) is 1. The highest BCUT2D eigenvalue weighted by Crippen LogP contribution is 2.31. The number of fused-ring (bicyclic) bond motifs is 2. The zero-order valence-electron chi connectivity index (χ0n) is 11.4. The van der Waals surface area contributed by atoms with Gasteiger partial charge in [0.15, 0.2) is 5.58 Å². The molecule has 0 radical (unpaired) electrons. The summed E-state index contributed by atoms with van der Waals surface area (Å²) in [5, 5.41) is 0. The van der Waals surface area contributed by atoms with Crippen LogP contribution < -0.4 is 5.73 Å². The molecule has 106 valence electrons. The molecule has 2 unspecified atom stereocenters. The van der Waals surface area contributed by atoms with Crippen molar-refractivity contribution in [1.82, 2.24) is 9.88 Å². The van der Waals surface area contributed by atoms with Crippen molar-refractivity contribution in [1.29, 1.82) is 0 Å². The van der Waals surface area contributed by atoms with E-state index in [0.717, 1.165) is 42.4 Å². The van der Waals surface area contributed by atoms with E-state index in [9.17, 15) is 0 Å². The summed E-state index contributed by atoms with van der Waals surface area (Å²) in [7, 11) is 0. The molecule has 0 bridgehead atoms. The molecule has 1 aliphatic carbocycles. The highest BCUT2D eigenvalue weighted by molar-refractivity contribution is 5.76. The van der Waals surface area contributed by atoms with Gasteiger partial charge in [0.05, 0.1) is 19.3 Å². The van der Waals surface area contributed by atoms with Crippen molar-refractivity contribution in [3.8, 4) is 0 Å². The summed E-state index contributed by atoms with van der Waals surface area (Å²) < 4.78 is 11.7. The predicted octanol–water partition coefficient (Wildman–Crippen LogP) is 2.16. The lowest BCUT2D eigenvalue weighted by Crippen LogP contribution is -2.47. The highest BCUT2D eigenvalue weighted by atomic mass is 16.5. The number of ether oxygens (including phenoxy) is 1. The Balaban J connectivity index is 1.57. The zero-order chi connectivity index (χ0) is 13.5. The maximum absolute atomic E-state index is 5.84. The Kier molecular flexibility index (Phi) is 2.89. The first-order valence-corrected chi connectivity index (χ1v) is 7.30. The van der Waals surface area contributed by atoms with Crippen molar-refractivity contribution in [2.24, 2.45) is 0 Å². The molecule has 0 amide bonds. The maximum Gasteiger partial charge on any atom is 0.209 e. The predicted molar refractivity (Wildman–Crippen MR) is 76.2 cm³/mol. The van der Waals surface area contributed by atoms with Crippen molar-refractivity contribution in [3.63, 3.8) is 0 Å². The largest absolute Gasteiger partial charge is 0.439 e. The molecular formula is C15H19N3O2. The third kappa shape index (κ3) is 2.07. The second-order valence-corrected chi connectivity index (χ2v) is 5.71. The van der Waals surface area contributed by atoms with Gasteiger partial charge in [-0.1, -0.05) is 0 Å². The molecule has 4 rings (SSSR count). The van der Waals surface area contributed by atoms with Gasteiger partial charge in [0.25, 0.3) is 0 Å². The van der Waals surface area contributed by atoms with Gasteiger partial charge in [-0.2, -0.15) is 0 Å². The number of nitrogens with zero attached hydrogens (tertiary/aromatic N) is 2. The number of anilines is 1. The molecule has 0 spiro atoms. The Morgan fingerprint density at radius 3 is 3.25 bits per heavy atom. The first-order chi connectivity index (χ1) is 9.79. The molecular weight excluding hydrogens is 254 g/mol. The number of nitrogen functional groups attached to an aromatic ring is 1. The SMILES string of the molecule is Nc1ccc2oc(CN3CCOC4CCCC43)nc2c1. The summed E-state index contributed by atoms with van der Waals surface area (Å²) in [4.78, 5) is 7.01. The molecule has 2 aromatic rings. The summed E-state index contributed by atoms with van der Waals surface area (Å²) in [6.45, 7) is 2.54. The number of aromatic nitrogens is 1. The van der Waals surface area contributed by atoms with Crippen molar-refractivity contribution < 1.29 is 9.15 Å². The summed E-state index contributed by atoms with van der Waals surface area (Å²) in [5.41, 5.74) is 8.15. The minimum atomic E-state index is 0.406. The fourth-order valence-electron chi connectivity index (χ4n) is 3.44. The van der Waals surface area contributed by atoms with Crippen LogP contribution in [0.3, 0.4) is 0 Å². The molecule has 2 N–H and O–H groups in total.